The first kappa shape index (κ1) is 67.5. The molecule has 540 valence electrons. The van der Waals surface area contributed by atoms with Crippen molar-refractivity contribution in [1.82, 2.24) is 13.5 Å². The molecular weight excluding hydrogens is 1350 g/mol. The van der Waals surface area contributed by atoms with E-state index in [0.717, 1.165) is 78.6 Å². The van der Waals surface area contributed by atoms with Crippen LogP contribution in [0.1, 0.15) is 105 Å². The molecule has 21 rings (SSSR count). The second-order valence-corrected chi connectivity index (χ2v) is 35.6. The Hall–Kier alpha value is -12.6. The normalized spacial score (nSPS) is 13.3. The highest BCUT2D eigenvalue weighted by Gasteiger charge is 2.49. The van der Waals surface area contributed by atoms with E-state index < -0.39 is 0 Å². The number of nitrogens with zero attached hydrogens (tertiary/aromatic N) is 5. The summed E-state index contributed by atoms with van der Waals surface area (Å²) < 4.78 is 7.78. The zero-order chi connectivity index (χ0) is 76.2. The molecule has 5 nitrogen and oxygen atoms in total. The van der Waals surface area contributed by atoms with Crippen LogP contribution in [0.5, 0.6) is 0 Å². The van der Waals surface area contributed by atoms with Crippen molar-refractivity contribution < 1.29 is 0 Å². The largest absolute Gasteiger partial charge is 0.309 e. The average molecular weight is 1440 g/mol. The Bertz CT molecular complexity index is 6410. The molecule has 112 heavy (non-hydrogen) atoms. The molecule has 2 aliphatic heterocycles. The summed E-state index contributed by atoms with van der Waals surface area (Å²) in [6.45, 7) is 27.8. The van der Waals surface area contributed by atoms with Gasteiger partial charge in [-0.05, 0) is 167 Å². The predicted molar refractivity (Wildman–Crippen MR) is 480 cm³/mol. The number of hydrogen-bond acceptors (Lipinski definition) is 2. The first-order valence-electron chi connectivity index (χ1n) is 39.9. The lowest BCUT2D eigenvalue weighted by atomic mass is 9.33. The van der Waals surface area contributed by atoms with Gasteiger partial charge < -0.3 is 23.3 Å². The van der Waals surface area contributed by atoms with E-state index in [4.69, 9.17) is 0 Å². The van der Waals surface area contributed by atoms with Gasteiger partial charge in [-0.25, -0.2) is 0 Å². The Morgan fingerprint density at radius 1 is 0.241 bits per heavy atom. The van der Waals surface area contributed by atoms with Crippen LogP contribution < -0.4 is 26.2 Å². The molecule has 15 aromatic carbocycles. The minimum absolute atomic E-state index is 0.0717. The van der Waals surface area contributed by atoms with Gasteiger partial charge in [-0.1, -0.05) is 314 Å². The number of benzene rings is 15. The Kier molecular flexibility index (Phi) is 14.7. The molecule has 0 N–H and O–H groups in total. The van der Waals surface area contributed by atoms with Crippen molar-refractivity contribution in [2.75, 3.05) is 9.80 Å². The second-order valence-electron chi connectivity index (χ2n) is 35.6. The molecule has 0 saturated heterocycles. The van der Waals surface area contributed by atoms with Crippen LogP contribution >= 0.6 is 0 Å². The molecule has 0 spiro atoms. The number of rotatable bonds is 8. The van der Waals surface area contributed by atoms with Crippen LogP contribution in [-0.4, -0.2) is 20.2 Å². The SMILES string of the molecule is CC(C)(C)c1ccc2c(c1)c1cc(C(C)(C)C)ccc1n2-c1ccc2c(c1)N(c1c(-c3ccccc3)cccc1-c1ccccc1)c1c3c(c4c5ccccc5n5c6ccccc6c1c45)N(c1c(-c4ccccc4)cccc1-c1ccccc1)c1cc(-n4c5ccc(C(C)(C)C)cc5c5cc(C(C)(C)C)ccc54)ccc1B23. The van der Waals surface area contributed by atoms with Gasteiger partial charge in [-0.15, -0.1) is 0 Å². The molecule has 0 radical (unpaired) electrons. The fraction of sp³-hybridized carbons (Fsp3) is 0.151. The van der Waals surface area contributed by atoms with Crippen LogP contribution in [0.25, 0.3) is 138 Å². The summed E-state index contributed by atoms with van der Waals surface area (Å²) in [5, 5.41) is 9.89. The Balaban J connectivity index is 0.981. The monoisotopic (exact) mass is 1440 g/mol. The number of fused-ring (bicyclic) bond motifs is 18. The summed E-state index contributed by atoms with van der Waals surface area (Å²) in [7, 11) is 0. The summed E-state index contributed by atoms with van der Waals surface area (Å²) >= 11 is 0. The molecule has 0 unspecified atom stereocenters. The van der Waals surface area contributed by atoms with Gasteiger partial charge in [-0.3, -0.25) is 0 Å². The highest BCUT2D eigenvalue weighted by atomic mass is 15.2. The van der Waals surface area contributed by atoms with E-state index >= 15 is 0 Å². The number of anilines is 6. The Morgan fingerprint density at radius 3 is 0.839 bits per heavy atom. The van der Waals surface area contributed by atoms with Gasteiger partial charge in [0, 0.05) is 88.1 Å². The van der Waals surface area contributed by atoms with E-state index in [1.54, 1.807) is 0 Å². The maximum absolute atomic E-state index is 2.79. The molecule has 0 saturated carbocycles. The van der Waals surface area contributed by atoms with Crippen LogP contribution in [-0.2, 0) is 21.7 Å². The quantitative estimate of drug-likeness (QED) is 0.141. The van der Waals surface area contributed by atoms with Crippen molar-refractivity contribution in [2.24, 2.45) is 0 Å². The summed E-state index contributed by atoms with van der Waals surface area (Å²) in [5.41, 5.74) is 35.1. The number of para-hydroxylation sites is 4. The van der Waals surface area contributed by atoms with Crippen molar-refractivity contribution in [3.05, 3.63) is 338 Å². The van der Waals surface area contributed by atoms with E-state index in [1.807, 2.05) is 0 Å². The highest BCUT2D eigenvalue weighted by Crippen LogP contribution is 2.59. The van der Waals surface area contributed by atoms with E-state index in [9.17, 15) is 0 Å². The van der Waals surface area contributed by atoms with Crippen LogP contribution in [0.4, 0.5) is 34.1 Å². The van der Waals surface area contributed by atoms with Gasteiger partial charge in [0.2, 0.25) is 0 Å². The smallest absolute Gasteiger partial charge is 0.252 e. The molecule has 2 aliphatic rings. The van der Waals surface area contributed by atoms with E-state index in [2.05, 4.69) is 422 Å². The van der Waals surface area contributed by atoms with E-state index in [0.29, 0.717) is 0 Å². The van der Waals surface area contributed by atoms with Crippen LogP contribution in [0.2, 0.25) is 0 Å². The Morgan fingerprint density at radius 2 is 0.536 bits per heavy atom. The van der Waals surface area contributed by atoms with Crippen LogP contribution in [0.15, 0.2) is 315 Å². The lowest BCUT2D eigenvalue weighted by Crippen LogP contribution is -2.61. The van der Waals surface area contributed by atoms with Gasteiger partial charge in [0.05, 0.1) is 61.4 Å². The lowest BCUT2D eigenvalue weighted by molar-refractivity contribution is 0.590. The Labute approximate surface area is 656 Å². The minimum atomic E-state index is -0.321. The predicted octanol–water partition coefficient (Wildman–Crippen LogP) is 27.0. The van der Waals surface area contributed by atoms with Gasteiger partial charge in [-0.2, -0.15) is 0 Å². The van der Waals surface area contributed by atoms with Gasteiger partial charge >= 0.3 is 0 Å². The third-order valence-electron chi connectivity index (χ3n) is 24.7. The van der Waals surface area contributed by atoms with Gasteiger partial charge in [0.15, 0.2) is 0 Å². The number of hydrogen-bond donors (Lipinski definition) is 0. The fourth-order valence-electron chi connectivity index (χ4n) is 19.2. The van der Waals surface area contributed by atoms with Crippen molar-refractivity contribution in [1.29, 1.82) is 0 Å². The summed E-state index contributed by atoms with van der Waals surface area (Å²) in [6.07, 6.45) is 0. The van der Waals surface area contributed by atoms with Crippen molar-refractivity contribution >= 4 is 139 Å². The molecule has 0 atom stereocenters. The maximum atomic E-state index is 2.79. The molecule has 0 fully saturated rings. The molecule has 6 heteroatoms. The first-order valence-corrected chi connectivity index (χ1v) is 39.9. The third kappa shape index (κ3) is 10.1. The molecule has 0 bridgehead atoms. The molecule has 19 aromatic rings. The minimum Gasteiger partial charge on any atom is -0.309 e. The molecule has 0 amide bonds. The van der Waals surface area contributed by atoms with Crippen LogP contribution in [0.3, 0.4) is 0 Å². The van der Waals surface area contributed by atoms with Crippen molar-refractivity contribution in [3.63, 3.8) is 0 Å². The van der Waals surface area contributed by atoms with Gasteiger partial charge in [0.25, 0.3) is 6.71 Å². The standard InChI is InChI=1S/C106H88BN5/c1-103(2,3)69-47-55-89-81(59-69)82-60-70(104(4,5)6)48-56-90(82)108(89)73-51-53-85-93(63-73)111(98-75(65-31-17-13-18-32-65)41-29-42-76(98)66-33-19-14-20-34-66)101-95-79-39-25-27-45-87(79)110-88-46-28-26-40-80(88)96(100(95)110)102-97(101)107(85)86-54-52-74(109-91-57-49-71(105(7,8)9)61-83(91)84-62-72(106(10,11)12)50-58-92(84)109)64-94(86)112(102)99-77(67-35-21-15-22-36-67)43-30-44-78(99)68-37-23-16-24-38-68/h13-64H,1-12H3. The first-order chi connectivity index (χ1) is 54.2. The lowest BCUT2D eigenvalue weighted by Gasteiger charge is -2.46. The molecule has 0 aliphatic carbocycles. The number of aromatic nitrogens is 3. The summed E-state index contributed by atoms with van der Waals surface area (Å²) in [6, 6.07) is 122. The summed E-state index contributed by atoms with van der Waals surface area (Å²) in [4.78, 5) is 5.57. The van der Waals surface area contributed by atoms with Gasteiger partial charge in [0.1, 0.15) is 0 Å². The third-order valence-corrected chi connectivity index (χ3v) is 24.7. The topological polar surface area (TPSA) is 20.8 Å². The molecular formula is C106H88BN5. The summed E-state index contributed by atoms with van der Waals surface area (Å²) in [5.74, 6) is 0. The van der Waals surface area contributed by atoms with Crippen molar-refractivity contribution in [3.8, 4) is 55.9 Å². The van der Waals surface area contributed by atoms with E-state index in [1.165, 1.54) is 132 Å². The average Bonchev–Trinajstić information content (AvgIpc) is 1.36. The van der Waals surface area contributed by atoms with Crippen LogP contribution in [0, 0.1) is 0 Å². The molecule has 4 aromatic heterocycles. The highest BCUT2D eigenvalue weighted by molar-refractivity contribution is 7.01. The second kappa shape index (κ2) is 24.4. The van der Waals surface area contributed by atoms with Crippen molar-refractivity contribution in [2.45, 2.75) is 105 Å². The van der Waals surface area contributed by atoms with E-state index in [-0.39, 0.29) is 28.4 Å². The molecule has 6 heterocycles. The zero-order valence-electron chi connectivity index (χ0n) is 65.8. The zero-order valence-corrected chi connectivity index (χ0v) is 65.8. The fourth-order valence-corrected chi connectivity index (χ4v) is 19.2. The maximum Gasteiger partial charge on any atom is 0.252 e.